The molecule has 0 aliphatic rings. The number of hydrogen-bond acceptors (Lipinski definition) is 3. The normalized spacial score (nSPS) is 13.8. The summed E-state index contributed by atoms with van der Waals surface area (Å²) in [6.45, 7) is 5.14. The quantitative estimate of drug-likeness (QED) is 0.610. The van der Waals surface area contributed by atoms with Crippen molar-refractivity contribution in [2.45, 2.75) is 19.4 Å². The van der Waals surface area contributed by atoms with Crippen LogP contribution in [0.2, 0.25) is 0 Å². The SMILES string of the molecule is CCC(COC)N(C)CCNC. The van der Waals surface area contributed by atoms with Gasteiger partial charge in [-0.05, 0) is 20.5 Å². The number of nitrogens with zero attached hydrogens (tertiary/aromatic N) is 1. The highest BCUT2D eigenvalue weighted by Crippen LogP contribution is 2.00. The lowest BCUT2D eigenvalue weighted by atomic mass is 10.2. The van der Waals surface area contributed by atoms with Crippen molar-refractivity contribution in [3.63, 3.8) is 0 Å². The highest BCUT2D eigenvalue weighted by atomic mass is 16.5. The number of likely N-dealkylation sites (N-methyl/N-ethyl adjacent to an activating group) is 2. The zero-order valence-corrected chi connectivity index (χ0v) is 8.76. The van der Waals surface area contributed by atoms with Crippen LogP contribution in [0.3, 0.4) is 0 Å². The number of ether oxygens (including phenoxy) is 1. The smallest absolute Gasteiger partial charge is 0.0617 e. The topological polar surface area (TPSA) is 24.5 Å². The molecule has 3 nitrogen and oxygen atoms in total. The molecule has 0 aromatic carbocycles. The highest BCUT2D eigenvalue weighted by Gasteiger charge is 2.10. The second-order valence-electron chi connectivity index (χ2n) is 3.10. The van der Waals surface area contributed by atoms with Gasteiger partial charge in [-0.1, -0.05) is 6.92 Å². The Morgan fingerprint density at radius 3 is 2.58 bits per heavy atom. The summed E-state index contributed by atoms with van der Waals surface area (Å²) in [4.78, 5) is 2.33. The minimum Gasteiger partial charge on any atom is -0.383 e. The molecule has 0 aromatic heterocycles. The van der Waals surface area contributed by atoms with Crippen LogP contribution in [-0.4, -0.2) is 51.8 Å². The summed E-state index contributed by atoms with van der Waals surface area (Å²) in [7, 11) is 5.88. The predicted octanol–water partition coefficient (Wildman–Crippen LogP) is 0.563. The first kappa shape index (κ1) is 11.9. The molecule has 0 rings (SSSR count). The van der Waals surface area contributed by atoms with Gasteiger partial charge in [0.1, 0.15) is 0 Å². The lowest BCUT2D eigenvalue weighted by Crippen LogP contribution is -2.38. The number of nitrogens with one attached hydrogen (secondary N) is 1. The first-order valence-corrected chi connectivity index (χ1v) is 4.60. The summed E-state index contributed by atoms with van der Waals surface area (Å²) >= 11 is 0. The lowest BCUT2D eigenvalue weighted by molar-refractivity contribution is 0.104. The van der Waals surface area contributed by atoms with Crippen LogP contribution in [0.15, 0.2) is 0 Å². The van der Waals surface area contributed by atoms with Crippen LogP contribution in [-0.2, 0) is 4.74 Å². The van der Waals surface area contributed by atoms with Crippen LogP contribution < -0.4 is 5.32 Å². The Labute approximate surface area is 76.1 Å². The Morgan fingerprint density at radius 1 is 1.50 bits per heavy atom. The summed E-state index contributed by atoms with van der Waals surface area (Å²) in [5.74, 6) is 0. The van der Waals surface area contributed by atoms with E-state index in [2.05, 4.69) is 24.2 Å². The van der Waals surface area contributed by atoms with Gasteiger partial charge in [0, 0.05) is 26.2 Å². The van der Waals surface area contributed by atoms with E-state index in [9.17, 15) is 0 Å². The molecule has 0 radical (unpaired) electrons. The molecule has 0 amide bonds. The average Bonchev–Trinajstić information content (AvgIpc) is 2.10. The van der Waals surface area contributed by atoms with Crippen molar-refractivity contribution in [3.8, 4) is 0 Å². The van der Waals surface area contributed by atoms with Gasteiger partial charge >= 0.3 is 0 Å². The van der Waals surface area contributed by atoms with Crippen molar-refractivity contribution < 1.29 is 4.74 Å². The zero-order chi connectivity index (χ0) is 9.40. The molecule has 0 saturated heterocycles. The summed E-state index contributed by atoms with van der Waals surface area (Å²) in [5, 5.41) is 3.14. The summed E-state index contributed by atoms with van der Waals surface area (Å²) in [6.07, 6.45) is 1.15. The maximum atomic E-state index is 5.13. The first-order valence-electron chi connectivity index (χ1n) is 4.60. The van der Waals surface area contributed by atoms with E-state index in [0.717, 1.165) is 26.1 Å². The van der Waals surface area contributed by atoms with Gasteiger partial charge in [0.25, 0.3) is 0 Å². The van der Waals surface area contributed by atoms with Gasteiger partial charge in [-0.25, -0.2) is 0 Å². The third-order valence-corrected chi connectivity index (χ3v) is 2.17. The zero-order valence-electron chi connectivity index (χ0n) is 8.76. The van der Waals surface area contributed by atoms with Crippen molar-refractivity contribution in [3.05, 3.63) is 0 Å². The van der Waals surface area contributed by atoms with E-state index in [1.54, 1.807) is 7.11 Å². The van der Waals surface area contributed by atoms with Crippen molar-refractivity contribution in [1.82, 2.24) is 10.2 Å². The Kier molecular flexibility index (Phi) is 7.45. The Morgan fingerprint density at radius 2 is 2.17 bits per heavy atom. The van der Waals surface area contributed by atoms with Gasteiger partial charge in [0.05, 0.1) is 6.61 Å². The van der Waals surface area contributed by atoms with Crippen LogP contribution in [0.25, 0.3) is 0 Å². The number of methoxy groups -OCH3 is 1. The molecule has 0 heterocycles. The van der Waals surface area contributed by atoms with E-state index in [4.69, 9.17) is 4.74 Å². The molecule has 0 aliphatic carbocycles. The third-order valence-electron chi connectivity index (χ3n) is 2.17. The van der Waals surface area contributed by atoms with Crippen LogP contribution in [0.4, 0.5) is 0 Å². The molecule has 1 N–H and O–H groups in total. The molecule has 0 bridgehead atoms. The monoisotopic (exact) mass is 174 g/mol. The Bertz CT molecular complexity index is 98.5. The standard InChI is InChI=1S/C9H22N2O/c1-5-9(8-12-4)11(3)7-6-10-2/h9-10H,5-8H2,1-4H3. The summed E-state index contributed by atoms with van der Waals surface area (Å²) in [6, 6.07) is 0.559. The fourth-order valence-corrected chi connectivity index (χ4v) is 1.22. The second kappa shape index (κ2) is 7.53. The Balaban J connectivity index is 3.60. The van der Waals surface area contributed by atoms with Gasteiger partial charge in [-0.3, -0.25) is 4.90 Å². The van der Waals surface area contributed by atoms with E-state index in [1.165, 1.54) is 0 Å². The van der Waals surface area contributed by atoms with Crippen molar-refractivity contribution in [2.75, 3.05) is 40.9 Å². The van der Waals surface area contributed by atoms with E-state index in [-0.39, 0.29) is 0 Å². The summed E-state index contributed by atoms with van der Waals surface area (Å²) in [5.41, 5.74) is 0. The van der Waals surface area contributed by atoms with Gasteiger partial charge < -0.3 is 10.1 Å². The Hall–Kier alpha value is -0.120. The molecular formula is C9H22N2O. The lowest BCUT2D eigenvalue weighted by Gasteiger charge is -2.26. The second-order valence-corrected chi connectivity index (χ2v) is 3.10. The van der Waals surface area contributed by atoms with Crippen LogP contribution in [0.1, 0.15) is 13.3 Å². The molecule has 1 unspecified atom stereocenters. The third kappa shape index (κ3) is 4.70. The first-order chi connectivity index (χ1) is 5.76. The molecule has 0 saturated carbocycles. The predicted molar refractivity (Wildman–Crippen MR) is 52.5 cm³/mol. The van der Waals surface area contributed by atoms with Crippen molar-refractivity contribution >= 4 is 0 Å². The van der Waals surface area contributed by atoms with Crippen molar-refractivity contribution in [1.29, 1.82) is 0 Å². The van der Waals surface area contributed by atoms with Gasteiger partial charge in [-0.15, -0.1) is 0 Å². The highest BCUT2D eigenvalue weighted by molar-refractivity contribution is 4.66. The van der Waals surface area contributed by atoms with Gasteiger partial charge in [0.2, 0.25) is 0 Å². The van der Waals surface area contributed by atoms with Crippen molar-refractivity contribution in [2.24, 2.45) is 0 Å². The van der Waals surface area contributed by atoms with Crippen LogP contribution in [0.5, 0.6) is 0 Å². The van der Waals surface area contributed by atoms with E-state index >= 15 is 0 Å². The van der Waals surface area contributed by atoms with E-state index in [1.807, 2.05) is 7.05 Å². The minimum atomic E-state index is 0.559. The molecule has 12 heavy (non-hydrogen) atoms. The molecule has 0 spiro atoms. The fraction of sp³-hybridized carbons (Fsp3) is 1.00. The molecule has 1 atom stereocenters. The molecule has 0 aliphatic heterocycles. The van der Waals surface area contributed by atoms with Crippen LogP contribution >= 0.6 is 0 Å². The maximum Gasteiger partial charge on any atom is 0.0617 e. The van der Waals surface area contributed by atoms with Crippen LogP contribution in [0, 0.1) is 0 Å². The van der Waals surface area contributed by atoms with Gasteiger partial charge in [-0.2, -0.15) is 0 Å². The fourth-order valence-electron chi connectivity index (χ4n) is 1.22. The summed E-state index contributed by atoms with van der Waals surface area (Å²) < 4.78 is 5.13. The molecular weight excluding hydrogens is 152 g/mol. The number of hydrogen-bond donors (Lipinski definition) is 1. The largest absolute Gasteiger partial charge is 0.383 e. The average molecular weight is 174 g/mol. The molecule has 0 fully saturated rings. The maximum absolute atomic E-state index is 5.13. The van der Waals surface area contributed by atoms with Gasteiger partial charge in [0.15, 0.2) is 0 Å². The number of rotatable bonds is 7. The minimum absolute atomic E-state index is 0.559. The molecule has 3 heteroatoms. The molecule has 74 valence electrons. The van der Waals surface area contributed by atoms with E-state index in [0.29, 0.717) is 6.04 Å². The molecule has 0 aromatic rings. The van der Waals surface area contributed by atoms with E-state index < -0.39 is 0 Å².